The molecule has 1 N–H and O–H groups in total. The third-order valence-corrected chi connectivity index (χ3v) is 3.47. The monoisotopic (exact) mass is 312 g/mol. The smallest absolute Gasteiger partial charge is 0.410 e. The van der Waals surface area contributed by atoms with Gasteiger partial charge in [0.25, 0.3) is 0 Å². The van der Waals surface area contributed by atoms with Gasteiger partial charge in [0.1, 0.15) is 5.60 Å². The second-order valence-corrected chi connectivity index (χ2v) is 6.61. The lowest BCUT2D eigenvalue weighted by Crippen LogP contribution is -2.60. The molecule has 1 aliphatic heterocycles. The Kier molecular flexibility index (Phi) is 4.70. The highest BCUT2D eigenvalue weighted by atomic mass is 19.2. The number of rotatable bonds is 3. The average Bonchev–Trinajstić information content (AvgIpc) is 2.34. The van der Waals surface area contributed by atoms with E-state index >= 15 is 0 Å². The van der Waals surface area contributed by atoms with Crippen molar-refractivity contribution in [2.45, 2.75) is 45.4 Å². The highest BCUT2D eigenvalue weighted by Gasteiger charge is 2.34. The van der Waals surface area contributed by atoms with Crippen LogP contribution in [-0.4, -0.2) is 35.7 Å². The van der Waals surface area contributed by atoms with E-state index in [4.69, 9.17) is 4.74 Å². The number of benzene rings is 1. The quantitative estimate of drug-likeness (QED) is 0.931. The van der Waals surface area contributed by atoms with E-state index in [0.717, 1.165) is 6.07 Å². The van der Waals surface area contributed by atoms with E-state index in [9.17, 15) is 13.6 Å². The molecule has 2 rings (SSSR count). The summed E-state index contributed by atoms with van der Waals surface area (Å²) in [6.45, 7) is 8.21. The molecule has 1 aromatic rings. The maximum Gasteiger partial charge on any atom is 0.410 e. The molecule has 0 radical (unpaired) electrons. The predicted molar refractivity (Wildman–Crippen MR) is 79.5 cm³/mol. The van der Waals surface area contributed by atoms with Gasteiger partial charge >= 0.3 is 6.09 Å². The molecule has 1 saturated heterocycles. The molecular weight excluding hydrogens is 290 g/mol. The summed E-state index contributed by atoms with van der Waals surface area (Å²) in [7, 11) is 0. The molecule has 1 heterocycles. The fraction of sp³-hybridized carbons (Fsp3) is 0.562. The molecule has 1 aromatic carbocycles. The molecule has 1 aliphatic rings. The van der Waals surface area contributed by atoms with Gasteiger partial charge in [-0.3, -0.25) is 0 Å². The second kappa shape index (κ2) is 6.20. The van der Waals surface area contributed by atoms with Crippen LogP contribution in [-0.2, 0) is 4.74 Å². The standard InChI is InChI=1S/C16H22F2N2O2/c1-10(12-6-5-7-13(17)14(12)18)19-11-8-20(9-11)15(21)22-16(2,3)4/h5-7,10-11,19H,8-9H2,1-4H3. The van der Waals surface area contributed by atoms with Gasteiger partial charge in [-0.05, 0) is 33.8 Å². The first kappa shape index (κ1) is 16.7. The van der Waals surface area contributed by atoms with Gasteiger partial charge in [-0.1, -0.05) is 12.1 Å². The normalized spacial score (nSPS) is 17.1. The molecule has 0 bridgehead atoms. The molecule has 4 nitrogen and oxygen atoms in total. The van der Waals surface area contributed by atoms with Crippen molar-refractivity contribution in [2.24, 2.45) is 0 Å². The van der Waals surface area contributed by atoms with Gasteiger partial charge < -0.3 is 15.0 Å². The van der Waals surface area contributed by atoms with Crippen LogP contribution >= 0.6 is 0 Å². The lowest BCUT2D eigenvalue weighted by molar-refractivity contribution is 0.00429. The van der Waals surface area contributed by atoms with Crippen LogP contribution in [0.4, 0.5) is 13.6 Å². The fourth-order valence-corrected chi connectivity index (χ4v) is 2.36. The van der Waals surface area contributed by atoms with E-state index < -0.39 is 17.2 Å². The van der Waals surface area contributed by atoms with Crippen LogP contribution in [0.2, 0.25) is 0 Å². The Balaban J connectivity index is 1.85. The molecule has 22 heavy (non-hydrogen) atoms. The Morgan fingerprint density at radius 1 is 1.36 bits per heavy atom. The SMILES string of the molecule is CC(NC1CN(C(=O)OC(C)(C)C)C1)c1cccc(F)c1F. The van der Waals surface area contributed by atoms with Gasteiger partial charge in [-0.2, -0.15) is 0 Å². The van der Waals surface area contributed by atoms with Gasteiger partial charge in [-0.25, -0.2) is 13.6 Å². The van der Waals surface area contributed by atoms with Crippen LogP contribution in [0.3, 0.4) is 0 Å². The average molecular weight is 312 g/mol. The third-order valence-electron chi connectivity index (χ3n) is 3.47. The van der Waals surface area contributed by atoms with Crippen molar-refractivity contribution in [1.29, 1.82) is 0 Å². The molecule has 0 aromatic heterocycles. The van der Waals surface area contributed by atoms with E-state index in [2.05, 4.69) is 5.32 Å². The van der Waals surface area contributed by atoms with Crippen LogP contribution in [0.1, 0.15) is 39.3 Å². The maximum absolute atomic E-state index is 13.7. The number of carbonyl (C=O) groups is 1. The van der Waals surface area contributed by atoms with E-state index in [-0.39, 0.29) is 23.7 Å². The zero-order chi connectivity index (χ0) is 16.5. The number of halogens is 2. The van der Waals surface area contributed by atoms with Crippen molar-refractivity contribution in [2.75, 3.05) is 13.1 Å². The number of carbonyl (C=O) groups excluding carboxylic acids is 1. The summed E-state index contributed by atoms with van der Waals surface area (Å²) in [4.78, 5) is 13.4. The van der Waals surface area contributed by atoms with E-state index in [1.807, 2.05) is 20.8 Å². The third kappa shape index (κ3) is 3.94. The Morgan fingerprint density at radius 2 is 2.00 bits per heavy atom. The van der Waals surface area contributed by atoms with E-state index in [1.54, 1.807) is 17.9 Å². The molecule has 1 atom stereocenters. The van der Waals surface area contributed by atoms with Crippen molar-refractivity contribution in [3.63, 3.8) is 0 Å². The molecule has 1 fully saturated rings. The summed E-state index contributed by atoms with van der Waals surface area (Å²) in [5, 5.41) is 3.19. The number of ether oxygens (including phenoxy) is 1. The lowest BCUT2D eigenvalue weighted by Gasteiger charge is -2.41. The first-order chi connectivity index (χ1) is 10.2. The van der Waals surface area contributed by atoms with Crippen LogP contribution < -0.4 is 5.32 Å². The summed E-state index contributed by atoms with van der Waals surface area (Å²) < 4.78 is 32.2. The zero-order valence-corrected chi connectivity index (χ0v) is 13.3. The summed E-state index contributed by atoms with van der Waals surface area (Å²) in [6.07, 6.45) is -0.352. The topological polar surface area (TPSA) is 41.6 Å². The van der Waals surface area contributed by atoms with Crippen molar-refractivity contribution >= 4 is 6.09 Å². The van der Waals surface area contributed by atoms with Crippen molar-refractivity contribution < 1.29 is 18.3 Å². The second-order valence-electron chi connectivity index (χ2n) is 6.61. The van der Waals surface area contributed by atoms with Crippen molar-refractivity contribution in [1.82, 2.24) is 10.2 Å². The number of nitrogens with one attached hydrogen (secondary N) is 1. The van der Waals surface area contributed by atoms with Crippen LogP contribution in [0, 0.1) is 11.6 Å². The summed E-state index contributed by atoms with van der Waals surface area (Å²) in [5.74, 6) is -1.68. The highest BCUT2D eigenvalue weighted by molar-refractivity contribution is 5.69. The Bertz CT molecular complexity index is 552. The summed E-state index contributed by atoms with van der Waals surface area (Å²) in [6, 6.07) is 3.85. The molecule has 0 spiro atoms. The molecule has 122 valence electrons. The number of hydrogen-bond acceptors (Lipinski definition) is 3. The predicted octanol–water partition coefficient (Wildman–Crippen LogP) is 3.23. The Labute approximate surface area is 129 Å². The van der Waals surface area contributed by atoms with Gasteiger partial charge in [0, 0.05) is 30.7 Å². The fourth-order valence-electron chi connectivity index (χ4n) is 2.36. The largest absolute Gasteiger partial charge is 0.444 e. The number of hydrogen-bond donors (Lipinski definition) is 1. The minimum Gasteiger partial charge on any atom is -0.444 e. The van der Waals surface area contributed by atoms with Gasteiger partial charge in [-0.15, -0.1) is 0 Å². The van der Waals surface area contributed by atoms with Gasteiger partial charge in [0.2, 0.25) is 0 Å². The maximum atomic E-state index is 13.7. The zero-order valence-electron chi connectivity index (χ0n) is 13.3. The minimum atomic E-state index is -0.852. The van der Waals surface area contributed by atoms with Gasteiger partial charge in [0.05, 0.1) is 0 Å². The van der Waals surface area contributed by atoms with Crippen LogP contribution in [0.25, 0.3) is 0 Å². The van der Waals surface area contributed by atoms with Crippen LogP contribution in [0.15, 0.2) is 18.2 Å². The summed E-state index contributed by atoms with van der Waals surface area (Å²) in [5.41, 5.74) is -0.233. The van der Waals surface area contributed by atoms with Crippen molar-refractivity contribution in [3.05, 3.63) is 35.4 Å². The lowest BCUT2D eigenvalue weighted by atomic mass is 10.0. The number of likely N-dealkylation sites (tertiary alicyclic amines) is 1. The number of amides is 1. The van der Waals surface area contributed by atoms with Gasteiger partial charge in [0.15, 0.2) is 11.6 Å². The first-order valence-electron chi connectivity index (χ1n) is 7.35. The highest BCUT2D eigenvalue weighted by Crippen LogP contribution is 2.22. The number of nitrogens with zero attached hydrogens (tertiary/aromatic N) is 1. The van der Waals surface area contributed by atoms with E-state index in [1.165, 1.54) is 6.07 Å². The first-order valence-corrected chi connectivity index (χ1v) is 7.35. The Morgan fingerprint density at radius 3 is 2.59 bits per heavy atom. The van der Waals surface area contributed by atoms with Crippen molar-refractivity contribution in [3.8, 4) is 0 Å². The summed E-state index contributed by atoms with van der Waals surface area (Å²) >= 11 is 0. The Hall–Kier alpha value is -1.69. The molecule has 6 heteroatoms. The molecule has 0 saturated carbocycles. The van der Waals surface area contributed by atoms with Crippen LogP contribution in [0.5, 0.6) is 0 Å². The molecular formula is C16H22F2N2O2. The van der Waals surface area contributed by atoms with E-state index in [0.29, 0.717) is 13.1 Å². The molecule has 1 amide bonds. The molecule has 1 unspecified atom stereocenters. The minimum absolute atomic E-state index is 0.0465. The molecule has 0 aliphatic carbocycles.